The lowest BCUT2D eigenvalue weighted by atomic mass is 10.1. The lowest BCUT2D eigenvalue weighted by Crippen LogP contribution is -2.44. The zero-order valence-corrected chi connectivity index (χ0v) is 10.3. The highest BCUT2D eigenvalue weighted by Gasteiger charge is 2.19. The molecule has 1 amide bonds. The van der Waals surface area contributed by atoms with Crippen LogP contribution in [0.3, 0.4) is 0 Å². The van der Waals surface area contributed by atoms with Crippen molar-refractivity contribution in [2.24, 2.45) is 5.73 Å². The summed E-state index contributed by atoms with van der Waals surface area (Å²) in [6.45, 7) is -0.251. The van der Waals surface area contributed by atoms with Crippen LogP contribution in [-0.4, -0.2) is 34.7 Å². The minimum atomic E-state index is -1.13. The highest BCUT2D eigenvalue weighted by molar-refractivity contribution is 5.85. The van der Waals surface area contributed by atoms with Crippen LogP contribution < -0.4 is 11.1 Å². The maximum atomic E-state index is 11.0. The maximum Gasteiger partial charge on any atom is 0.326 e. The molecule has 0 saturated carbocycles. The monoisotopic (exact) mass is 274 g/mol. The Kier molecular flexibility index (Phi) is 6.77. The number of carboxylic acids is 1. The summed E-state index contributed by atoms with van der Waals surface area (Å²) in [7, 11) is 0. The van der Waals surface area contributed by atoms with Gasteiger partial charge < -0.3 is 21.3 Å². The highest BCUT2D eigenvalue weighted by Crippen LogP contribution is 2.11. The number of aromatic hydroxyl groups is 1. The number of nitrogens with one attached hydrogen (secondary N) is 1. The molecule has 1 atom stereocenters. The molecule has 0 fully saturated rings. The average Bonchev–Trinajstić information content (AvgIpc) is 2.30. The van der Waals surface area contributed by atoms with Gasteiger partial charge in [-0.3, -0.25) is 4.79 Å². The molecule has 0 aliphatic rings. The van der Waals surface area contributed by atoms with Crippen molar-refractivity contribution in [1.29, 1.82) is 0 Å². The number of amides is 1. The van der Waals surface area contributed by atoms with E-state index in [1.54, 1.807) is 12.1 Å². The third kappa shape index (κ3) is 5.03. The molecule has 6 nitrogen and oxygen atoms in total. The molecule has 0 saturated heterocycles. The predicted molar refractivity (Wildman–Crippen MR) is 67.7 cm³/mol. The second-order valence-corrected chi connectivity index (χ2v) is 3.53. The van der Waals surface area contributed by atoms with Crippen molar-refractivity contribution in [3.63, 3.8) is 0 Å². The number of phenols is 1. The lowest BCUT2D eigenvalue weighted by Gasteiger charge is -2.13. The van der Waals surface area contributed by atoms with Crippen molar-refractivity contribution in [2.45, 2.75) is 12.5 Å². The van der Waals surface area contributed by atoms with Gasteiger partial charge in [-0.1, -0.05) is 12.1 Å². The number of rotatable bonds is 5. The first-order valence-electron chi connectivity index (χ1n) is 5.03. The van der Waals surface area contributed by atoms with Gasteiger partial charge >= 0.3 is 5.97 Å². The minimum Gasteiger partial charge on any atom is -0.508 e. The summed E-state index contributed by atoms with van der Waals surface area (Å²) in [6.07, 6.45) is 0.140. The fourth-order valence-electron chi connectivity index (χ4n) is 1.32. The van der Waals surface area contributed by atoms with Gasteiger partial charge in [-0.2, -0.15) is 0 Å². The number of carboxylic acid groups (broad SMARTS) is 1. The van der Waals surface area contributed by atoms with Crippen molar-refractivity contribution >= 4 is 24.3 Å². The van der Waals surface area contributed by atoms with Crippen LogP contribution in [0, 0.1) is 0 Å². The number of nitrogens with two attached hydrogens (primary N) is 1. The van der Waals surface area contributed by atoms with Crippen LogP contribution in [0.25, 0.3) is 0 Å². The summed E-state index contributed by atoms with van der Waals surface area (Å²) >= 11 is 0. The van der Waals surface area contributed by atoms with E-state index < -0.39 is 17.9 Å². The Labute approximate surface area is 110 Å². The Hall–Kier alpha value is -1.79. The molecule has 1 aromatic rings. The van der Waals surface area contributed by atoms with Crippen molar-refractivity contribution in [3.8, 4) is 5.75 Å². The highest BCUT2D eigenvalue weighted by atomic mass is 35.5. The number of halogens is 1. The summed E-state index contributed by atoms with van der Waals surface area (Å²) < 4.78 is 0. The van der Waals surface area contributed by atoms with Gasteiger partial charge in [0.2, 0.25) is 5.91 Å². The van der Waals surface area contributed by atoms with Crippen LogP contribution in [-0.2, 0) is 16.0 Å². The van der Waals surface area contributed by atoms with E-state index in [2.05, 4.69) is 5.32 Å². The Morgan fingerprint density at radius 1 is 1.28 bits per heavy atom. The van der Waals surface area contributed by atoms with Crippen LogP contribution in [0.2, 0.25) is 0 Å². The number of phenolic OH excluding ortho intramolecular Hbond substituents is 1. The fraction of sp³-hybridized carbons (Fsp3) is 0.273. The zero-order valence-electron chi connectivity index (χ0n) is 9.50. The molecule has 5 N–H and O–H groups in total. The van der Waals surface area contributed by atoms with Crippen molar-refractivity contribution in [2.75, 3.05) is 6.54 Å². The Bertz CT molecular complexity index is 408. The van der Waals surface area contributed by atoms with E-state index in [9.17, 15) is 9.59 Å². The molecule has 18 heavy (non-hydrogen) atoms. The van der Waals surface area contributed by atoms with Gasteiger partial charge in [-0.15, -0.1) is 12.4 Å². The number of aliphatic carboxylic acids is 1. The first-order chi connectivity index (χ1) is 8.02. The van der Waals surface area contributed by atoms with Crippen LogP contribution in [0.4, 0.5) is 0 Å². The van der Waals surface area contributed by atoms with E-state index in [1.165, 1.54) is 12.1 Å². The Balaban J connectivity index is 0.00000289. The first kappa shape index (κ1) is 16.2. The van der Waals surface area contributed by atoms with Crippen LogP contribution in [0.1, 0.15) is 5.56 Å². The number of carbonyl (C=O) groups is 2. The molecule has 0 radical (unpaired) electrons. The first-order valence-corrected chi connectivity index (χ1v) is 5.03. The molecule has 1 rings (SSSR count). The molecule has 0 bridgehead atoms. The molecule has 0 heterocycles. The fourth-order valence-corrected chi connectivity index (χ4v) is 1.32. The second kappa shape index (κ2) is 7.52. The molecule has 1 aromatic carbocycles. The van der Waals surface area contributed by atoms with E-state index in [1.807, 2.05) is 0 Å². The number of hydrogen-bond acceptors (Lipinski definition) is 4. The van der Waals surface area contributed by atoms with Crippen LogP contribution in [0.5, 0.6) is 5.75 Å². The quantitative estimate of drug-likeness (QED) is 0.598. The van der Waals surface area contributed by atoms with E-state index in [4.69, 9.17) is 15.9 Å². The van der Waals surface area contributed by atoms with E-state index in [-0.39, 0.29) is 31.1 Å². The molecule has 0 aliphatic heterocycles. The SMILES string of the molecule is Cl.NCC(=O)N[C@@H](Cc1ccc(O)cc1)C(=O)O. The van der Waals surface area contributed by atoms with Crippen molar-refractivity contribution in [3.05, 3.63) is 29.8 Å². The summed E-state index contributed by atoms with van der Waals surface area (Å²) in [5.41, 5.74) is 5.80. The summed E-state index contributed by atoms with van der Waals surface area (Å²) in [4.78, 5) is 21.9. The molecule has 0 aliphatic carbocycles. The number of benzene rings is 1. The molecule has 100 valence electrons. The van der Waals surface area contributed by atoms with Gasteiger partial charge in [0.05, 0.1) is 6.54 Å². The lowest BCUT2D eigenvalue weighted by molar-refractivity contribution is -0.141. The predicted octanol–water partition coefficient (Wildman–Crippen LogP) is -0.115. The largest absolute Gasteiger partial charge is 0.508 e. The Morgan fingerprint density at radius 3 is 2.28 bits per heavy atom. The number of carbonyl (C=O) groups excluding carboxylic acids is 1. The smallest absolute Gasteiger partial charge is 0.326 e. The van der Waals surface area contributed by atoms with E-state index in [0.29, 0.717) is 5.56 Å². The third-order valence-electron chi connectivity index (χ3n) is 2.19. The standard InChI is InChI=1S/C11H14N2O4.ClH/c12-6-10(15)13-9(11(16)17)5-7-1-3-8(14)4-2-7;/h1-4,9,14H,5-6,12H2,(H,13,15)(H,16,17);1H/t9-;/m0./s1. The molecular weight excluding hydrogens is 260 g/mol. The molecular formula is C11H15ClN2O4. The van der Waals surface area contributed by atoms with Gasteiger partial charge in [-0.05, 0) is 17.7 Å². The van der Waals surface area contributed by atoms with Gasteiger partial charge in [-0.25, -0.2) is 4.79 Å². The number of hydrogen-bond donors (Lipinski definition) is 4. The molecule has 0 aromatic heterocycles. The summed E-state index contributed by atoms with van der Waals surface area (Å²) in [5, 5.41) is 20.3. The normalized spacial score (nSPS) is 11.2. The van der Waals surface area contributed by atoms with Gasteiger partial charge in [0, 0.05) is 6.42 Å². The zero-order chi connectivity index (χ0) is 12.8. The van der Waals surface area contributed by atoms with Gasteiger partial charge in [0.25, 0.3) is 0 Å². The summed E-state index contributed by atoms with van der Waals surface area (Å²) in [6, 6.07) is 5.09. The van der Waals surface area contributed by atoms with E-state index >= 15 is 0 Å². The Morgan fingerprint density at radius 2 is 1.83 bits per heavy atom. The molecule has 0 spiro atoms. The third-order valence-corrected chi connectivity index (χ3v) is 2.19. The topological polar surface area (TPSA) is 113 Å². The minimum absolute atomic E-state index is 0. The van der Waals surface area contributed by atoms with Gasteiger partial charge in [0.1, 0.15) is 11.8 Å². The van der Waals surface area contributed by atoms with Crippen molar-refractivity contribution in [1.82, 2.24) is 5.32 Å². The van der Waals surface area contributed by atoms with Gasteiger partial charge in [0.15, 0.2) is 0 Å². The second-order valence-electron chi connectivity index (χ2n) is 3.53. The molecule has 7 heteroatoms. The van der Waals surface area contributed by atoms with E-state index in [0.717, 1.165) is 0 Å². The average molecular weight is 275 g/mol. The van der Waals surface area contributed by atoms with Crippen LogP contribution >= 0.6 is 12.4 Å². The van der Waals surface area contributed by atoms with Crippen LogP contribution in [0.15, 0.2) is 24.3 Å². The summed E-state index contributed by atoms with van der Waals surface area (Å²) in [5.74, 6) is -1.54. The maximum absolute atomic E-state index is 11.0. The van der Waals surface area contributed by atoms with Crippen molar-refractivity contribution < 1.29 is 19.8 Å². The molecule has 0 unspecified atom stereocenters.